The summed E-state index contributed by atoms with van der Waals surface area (Å²) in [5, 5.41) is 18.0. The normalized spacial score (nSPS) is 15.8. The van der Waals surface area contributed by atoms with Gasteiger partial charge in [0.05, 0.1) is 22.8 Å². The lowest BCUT2D eigenvalue weighted by atomic mass is 9.92. The molecule has 3 nitrogen and oxygen atoms in total. The maximum atomic E-state index is 3.97. The zero-order valence-corrected chi connectivity index (χ0v) is 30.2. The van der Waals surface area contributed by atoms with Crippen molar-refractivity contribution in [1.29, 1.82) is 0 Å². The van der Waals surface area contributed by atoms with E-state index in [2.05, 4.69) is 215 Å². The van der Waals surface area contributed by atoms with Crippen LogP contribution in [0.5, 0.6) is 0 Å². The van der Waals surface area contributed by atoms with Crippen LogP contribution in [0.3, 0.4) is 0 Å². The van der Waals surface area contributed by atoms with Crippen molar-refractivity contribution in [3.63, 3.8) is 0 Å². The molecule has 9 aromatic carbocycles. The van der Waals surface area contributed by atoms with E-state index in [9.17, 15) is 0 Å². The molecule has 2 N–H and O–H groups in total. The van der Waals surface area contributed by atoms with Gasteiger partial charge in [0.1, 0.15) is 6.17 Å². The Bertz CT molecular complexity index is 3050. The van der Waals surface area contributed by atoms with Crippen LogP contribution in [-0.4, -0.2) is 4.57 Å². The summed E-state index contributed by atoms with van der Waals surface area (Å²) in [5.74, 6) is 0. The molecule has 3 heteroatoms. The van der Waals surface area contributed by atoms with Crippen molar-refractivity contribution in [3.05, 3.63) is 217 Å². The fourth-order valence-electron chi connectivity index (χ4n) is 8.82. The summed E-state index contributed by atoms with van der Waals surface area (Å²) in [6, 6.07) is 70.6. The molecule has 2 unspecified atom stereocenters. The second-order valence-corrected chi connectivity index (χ2v) is 14.6. The van der Waals surface area contributed by atoms with Crippen LogP contribution in [0.25, 0.3) is 76.6 Å². The minimum absolute atomic E-state index is 0.0558. The van der Waals surface area contributed by atoms with E-state index < -0.39 is 0 Å². The number of nitrogens with one attached hydrogen (secondary N) is 2. The van der Waals surface area contributed by atoms with Crippen molar-refractivity contribution in [1.82, 2.24) is 15.2 Å². The maximum absolute atomic E-state index is 3.97. The van der Waals surface area contributed by atoms with E-state index in [1.165, 1.54) is 82.1 Å². The lowest BCUT2D eigenvalue weighted by Crippen LogP contribution is -2.39. The second kappa shape index (κ2) is 12.9. The van der Waals surface area contributed by atoms with E-state index >= 15 is 0 Å². The van der Waals surface area contributed by atoms with Gasteiger partial charge in [0, 0.05) is 16.5 Å². The van der Waals surface area contributed by atoms with Gasteiger partial charge in [0.15, 0.2) is 0 Å². The molecule has 0 saturated carbocycles. The second-order valence-electron chi connectivity index (χ2n) is 14.6. The van der Waals surface area contributed by atoms with Gasteiger partial charge in [-0.15, -0.1) is 0 Å². The Labute approximate surface area is 319 Å². The molecule has 0 bridgehead atoms. The van der Waals surface area contributed by atoms with Crippen LogP contribution in [0.1, 0.15) is 28.9 Å². The molecule has 10 aromatic rings. The fraction of sp³-hybridized carbons (Fsp3) is 0.0385. The third-order valence-electron chi connectivity index (χ3n) is 11.5. The van der Waals surface area contributed by atoms with Crippen LogP contribution in [0.4, 0.5) is 0 Å². The van der Waals surface area contributed by atoms with E-state index in [1.807, 2.05) is 0 Å². The zero-order valence-electron chi connectivity index (χ0n) is 30.2. The SMILES string of the molecule is C1=C(c2ccc(-c3cccc4c3ccc3cc5ccccc5cc34)cc2)NC(c2ccccc2)NC1c1ccccc1-n1c2ccccc2c2ccccc21. The summed E-state index contributed by atoms with van der Waals surface area (Å²) in [6.45, 7) is 0. The summed E-state index contributed by atoms with van der Waals surface area (Å²) in [5.41, 5.74) is 10.7. The number of para-hydroxylation sites is 3. The Hall–Kier alpha value is -6.94. The Morgan fingerprint density at radius 1 is 0.418 bits per heavy atom. The van der Waals surface area contributed by atoms with Crippen LogP contribution < -0.4 is 10.6 Å². The first-order valence-electron chi connectivity index (χ1n) is 19.1. The third-order valence-corrected chi connectivity index (χ3v) is 11.5. The van der Waals surface area contributed by atoms with Crippen molar-refractivity contribution in [2.75, 3.05) is 0 Å². The molecule has 2 atom stereocenters. The van der Waals surface area contributed by atoms with E-state index in [4.69, 9.17) is 0 Å². The fourth-order valence-corrected chi connectivity index (χ4v) is 8.82. The lowest BCUT2D eigenvalue weighted by molar-refractivity contribution is 0.442. The Morgan fingerprint density at radius 3 is 1.84 bits per heavy atom. The highest BCUT2D eigenvalue weighted by molar-refractivity contribution is 6.15. The first-order valence-corrected chi connectivity index (χ1v) is 19.1. The van der Waals surface area contributed by atoms with Crippen LogP contribution in [0.15, 0.2) is 200 Å². The summed E-state index contributed by atoms with van der Waals surface area (Å²) in [4.78, 5) is 0. The minimum atomic E-state index is -0.0838. The molecule has 260 valence electrons. The van der Waals surface area contributed by atoms with Gasteiger partial charge in [-0.1, -0.05) is 164 Å². The predicted molar refractivity (Wildman–Crippen MR) is 231 cm³/mol. The molecule has 2 heterocycles. The maximum Gasteiger partial charge on any atom is 0.104 e. The number of nitrogens with zero attached hydrogens (tertiary/aromatic N) is 1. The molecule has 55 heavy (non-hydrogen) atoms. The topological polar surface area (TPSA) is 29.0 Å². The van der Waals surface area contributed by atoms with E-state index in [1.54, 1.807) is 0 Å². The van der Waals surface area contributed by atoms with Gasteiger partial charge >= 0.3 is 0 Å². The lowest BCUT2D eigenvalue weighted by Gasteiger charge is -2.34. The number of rotatable bonds is 5. The molecular weight excluding hydrogens is 667 g/mol. The summed E-state index contributed by atoms with van der Waals surface area (Å²) in [7, 11) is 0. The molecule has 1 aromatic heterocycles. The first kappa shape index (κ1) is 31.6. The summed E-state index contributed by atoms with van der Waals surface area (Å²) >= 11 is 0. The number of hydrogen-bond acceptors (Lipinski definition) is 2. The predicted octanol–water partition coefficient (Wildman–Crippen LogP) is 12.9. The van der Waals surface area contributed by atoms with Gasteiger partial charge < -0.3 is 9.88 Å². The largest absolute Gasteiger partial charge is 0.366 e. The van der Waals surface area contributed by atoms with Crippen molar-refractivity contribution in [3.8, 4) is 16.8 Å². The van der Waals surface area contributed by atoms with Crippen molar-refractivity contribution < 1.29 is 0 Å². The van der Waals surface area contributed by atoms with Gasteiger partial charge in [-0.05, 0) is 96.5 Å². The number of benzene rings is 9. The van der Waals surface area contributed by atoms with Crippen molar-refractivity contribution in [2.24, 2.45) is 0 Å². The Kier molecular flexibility index (Phi) is 7.39. The third kappa shape index (κ3) is 5.32. The van der Waals surface area contributed by atoms with Gasteiger partial charge in [0.2, 0.25) is 0 Å². The monoisotopic (exact) mass is 703 g/mol. The number of fused-ring (bicyclic) bond motifs is 7. The van der Waals surface area contributed by atoms with E-state index in [0.717, 1.165) is 11.3 Å². The number of hydrogen-bond donors (Lipinski definition) is 2. The van der Waals surface area contributed by atoms with E-state index in [0.29, 0.717) is 0 Å². The molecule has 0 aliphatic carbocycles. The highest BCUT2D eigenvalue weighted by Crippen LogP contribution is 2.39. The molecule has 0 amide bonds. The molecule has 0 spiro atoms. The van der Waals surface area contributed by atoms with Crippen LogP contribution in [-0.2, 0) is 0 Å². The standard InChI is InChI=1S/C52H37N3/c1-2-13-36(14-3-1)52-53-47(33-48(54-52)45-19-8-11-24-51(45)55-49-22-9-6-17-43(49)44-18-7-10-23-50(44)55)35-27-25-34(26-28-35)40-20-12-21-41-42(40)30-29-39-31-37-15-4-5-16-38(37)32-46(39)41/h1-33,48,52-54H. The summed E-state index contributed by atoms with van der Waals surface area (Å²) < 4.78 is 2.43. The van der Waals surface area contributed by atoms with Crippen LogP contribution >= 0.6 is 0 Å². The first-order chi connectivity index (χ1) is 27.3. The van der Waals surface area contributed by atoms with E-state index in [-0.39, 0.29) is 12.2 Å². The highest BCUT2D eigenvalue weighted by Gasteiger charge is 2.27. The molecule has 11 rings (SSSR count). The van der Waals surface area contributed by atoms with Crippen molar-refractivity contribution in [2.45, 2.75) is 12.2 Å². The Balaban J connectivity index is 1.01. The molecule has 0 saturated heterocycles. The molecule has 1 aliphatic rings. The minimum Gasteiger partial charge on any atom is -0.366 e. The molecule has 0 radical (unpaired) electrons. The zero-order chi connectivity index (χ0) is 36.3. The van der Waals surface area contributed by atoms with Gasteiger partial charge in [0.25, 0.3) is 0 Å². The Morgan fingerprint density at radius 2 is 1.05 bits per heavy atom. The van der Waals surface area contributed by atoms with Crippen LogP contribution in [0, 0.1) is 0 Å². The highest BCUT2D eigenvalue weighted by atomic mass is 15.2. The van der Waals surface area contributed by atoms with Gasteiger partial charge in [-0.25, -0.2) is 0 Å². The molecular formula is C52H37N3. The van der Waals surface area contributed by atoms with Crippen LogP contribution in [0.2, 0.25) is 0 Å². The quantitative estimate of drug-likeness (QED) is 0.138. The molecule has 1 aliphatic heterocycles. The summed E-state index contributed by atoms with van der Waals surface area (Å²) in [6.07, 6.45) is 2.27. The van der Waals surface area contributed by atoms with Crippen molar-refractivity contribution >= 4 is 59.8 Å². The van der Waals surface area contributed by atoms with Gasteiger partial charge in [-0.3, -0.25) is 5.32 Å². The number of aromatic nitrogens is 1. The average molecular weight is 704 g/mol. The van der Waals surface area contributed by atoms with Gasteiger partial charge in [-0.2, -0.15) is 0 Å². The molecule has 0 fully saturated rings. The average Bonchev–Trinajstić information content (AvgIpc) is 3.60. The smallest absolute Gasteiger partial charge is 0.104 e.